The van der Waals surface area contributed by atoms with Crippen molar-refractivity contribution in [3.63, 3.8) is 0 Å². The third-order valence-corrected chi connectivity index (χ3v) is 7.72. The van der Waals surface area contributed by atoms with Gasteiger partial charge in [0.2, 0.25) is 10.0 Å². The summed E-state index contributed by atoms with van der Waals surface area (Å²) in [6, 6.07) is 10.1. The van der Waals surface area contributed by atoms with Gasteiger partial charge in [0.05, 0.1) is 25.9 Å². The molecule has 0 aliphatic carbocycles. The maximum absolute atomic E-state index is 13.2. The van der Waals surface area contributed by atoms with Crippen LogP contribution in [0.15, 0.2) is 41.3 Å². The van der Waals surface area contributed by atoms with Crippen LogP contribution in [0.4, 0.5) is 5.69 Å². The first-order valence-corrected chi connectivity index (χ1v) is 11.6. The van der Waals surface area contributed by atoms with Gasteiger partial charge in [0.25, 0.3) is 5.91 Å². The summed E-state index contributed by atoms with van der Waals surface area (Å²) in [6.45, 7) is 5.25. The molecule has 2 heterocycles. The first-order chi connectivity index (χ1) is 14.8. The summed E-state index contributed by atoms with van der Waals surface area (Å²) in [4.78, 5) is 13.0. The van der Waals surface area contributed by atoms with E-state index in [1.54, 1.807) is 18.2 Å². The lowest BCUT2D eigenvalue weighted by Gasteiger charge is -2.26. The van der Waals surface area contributed by atoms with Gasteiger partial charge in [0.15, 0.2) is 0 Å². The van der Waals surface area contributed by atoms with Crippen LogP contribution in [0.25, 0.3) is 0 Å². The zero-order valence-electron chi connectivity index (χ0n) is 17.8. The Bertz CT molecular complexity index is 1100. The Balaban J connectivity index is 1.64. The lowest BCUT2D eigenvalue weighted by Crippen LogP contribution is -2.40. The van der Waals surface area contributed by atoms with Crippen LogP contribution < -0.4 is 14.8 Å². The number of morpholine rings is 1. The van der Waals surface area contributed by atoms with Crippen LogP contribution in [0, 0.1) is 0 Å². The van der Waals surface area contributed by atoms with Crippen molar-refractivity contribution in [3.05, 3.63) is 47.5 Å². The van der Waals surface area contributed by atoms with Gasteiger partial charge in [-0.25, -0.2) is 8.42 Å². The topological polar surface area (TPSA) is 94.2 Å². The molecule has 1 N–H and O–H groups in total. The number of amides is 1. The maximum atomic E-state index is 13.2. The predicted molar refractivity (Wildman–Crippen MR) is 115 cm³/mol. The highest BCUT2D eigenvalue weighted by molar-refractivity contribution is 7.89. The quantitative estimate of drug-likeness (QED) is 0.759. The molecule has 166 valence electrons. The standard InChI is InChI=1S/C22H26N2O6S/c1-14-15(2)30-21-17(14)5-4-6-18(21)22(25)23-16-7-8-19(28-3)20(13-16)31(26,27)24-9-11-29-12-10-24/h4-8,13-15H,9-12H2,1-3H3,(H,23,25)/t14-,15+/m0/s1. The van der Waals surface area contributed by atoms with Gasteiger partial charge in [-0.2, -0.15) is 4.31 Å². The fourth-order valence-electron chi connectivity index (χ4n) is 3.85. The summed E-state index contributed by atoms with van der Waals surface area (Å²) in [5.41, 5.74) is 1.77. The van der Waals surface area contributed by atoms with Crippen molar-refractivity contribution in [2.75, 3.05) is 38.7 Å². The molecule has 4 rings (SSSR count). The number of ether oxygens (including phenoxy) is 3. The third-order valence-electron chi connectivity index (χ3n) is 5.80. The van der Waals surface area contributed by atoms with Gasteiger partial charge >= 0.3 is 0 Å². The van der Waals surface area contributed by atoms with Gasteiger partial charge < -0.3 is 19.5 Å². The number of carbonyl (C=O) groups excluding carboxylic acids is 1. The van der Waals surface area contributed by atoms with E-state index in [0.29, 0.717) is 30.2 Å². The summed E-state index contributed by atoms with van der Waals surface area (Å²) in [5.74, 6) is 0.623. The molecule has 1 fully saturated rings. The molecule has 8 nitrogen and oxygen atoms in total. The van der Waals surface area contributed by atoms with Crippen molar-refractivity contribution in [3.8, 4) is 11.5 Å². The summed E-state index contributed by atoms with van der Waals surface area (Å²) < 4.78 is 44.1. The summed E-state index contributed by atoms with van der Waals surface area (Å²) >= 11 is 0. The summed E-state index contributed by atoms with van der Waals surface area (Å²) in [7, 11) is -2.38. The molecule has 0 aromatic heterocycles. The number of carbonyl (C=O) groups is 1. The van der Waals surface area contributed by atoms with E-state index in [1.807, 2.05) is 19.1 Å². The molecule has 2 atom stereocenters. The van der Waals surface area contributed by atoms with Crippen LogP contribution in [0.3, 0.4) is 0 Å². The van der Waals surface area contributed by atoms with Crippen LogP contribution in [-0.4, -0.2) is 58.1 Å². The predicted octanol–water partition coefficient (Wildman–Crippen LogP) is 2.85. The monoisotopic (exact) mass is 446 g/mol. The average molecular weight is 447 g/mol. The first kappa shape index (κ1) is 21.6. The Kier molecular flexibility index (Phi) is 5.92. The lowest BCUT2D eigenvalue weighted by molar-refractivity contribution is 0.0729. The number of anilines is 1. The van der Waals surface area contributed by atoms with E-state index in [1.165, 1.54) is 17.5 Å². The minimum atomic E-state index is -3.80. The van der Waals surface area contributed by atoms with Crippen molar-refractivity contribution < 1.29 is 27.4 Å². The molecule has 0 unspecified atom stereocenters. The van der Waals surface area contributed by atoms with Crippen LogP contribution in [0.2, 0.25) is 0 Å². The van der Waals surface area contributed by atoms with Gasteiger partial charge in [-0.1, -0.05) is 19.1 Å². The Morgan fingerprint density at radius 3 is 2.61 bits per heavy atom. The second-order valence-electron chi connectivity index (χ2n) is 7.67. The third kappa shape index (κ3) is 4.00. The fraction of sp³-hybridized carbons (Fsp3) is 0.409. The Labute approximate surface area is 182 Å². The molecular weight excluding hydrogens is 420 g/mol. The number of methoxy groups -OCH3 is 1. The Morgan fingerprint density at radius 2 is 1.90 bits per heavy atom. The highest BCUT2D eigenvalue weighted by atomic mass is 32.2. The highest BCUT2D eigenvalue weighted by Crippen LogP contribution is 2.40. The number of fused-ring (bicyclic) bond motifs is 1. The molecule has 2 aliphatic heterocycles. The number of hydrogen-bond acceptors (Lipinski definition) is 6. The van der Waals surface area contributed by atoms with E-state index >= 15 is 0 Å². The van der Waals surface area contributed by atoms with Gasteiger partial charge in [0.1, 0.15) is 22.5 Å². The van der Waals surface area contributed by atoms with Gasteiger partial charge in [-0.05, 0) is 31.2 Å². The Morgan fingerprint density at radius 1 is 1.16 bits per heavy atom. The minimum absolute atomic E-state index is 0.00600. The van der Waals surface area contributed by atoms with Crippen LogP contribution in [0.5, 0.6) is 11.5 Å². The molecule has 31 heavy (non-hydrogen) atoms. The van der Waals surface area contributed by atoms with Gasteiger partial charge in [-0.15, -0.1) is 0 Å². The van der Waals surface area contributed by atoms with E-state index in [4.69, 9.17) is 14.2 Å². The fourth-order valence-corrected chi connectivity index (χ4v) is 5.43. The maximum Gasteiger partial charge on any atom is 0.259 e. The normalized spacial score (nSPS) is 21.3. The van der Waals surface area contributed by atoms with Crippen LogP contribution in [-0.2, 0) is 14.8 Å². The lowest BCUT2D eigenvalue weighted by atomic mass is 9.97. The van der Waals surface area contributed by atoms with Gasteiger partial charge in [-0.3, -0.25) is 4.79 Å². The summed E-state index contributed by atoms with van der Waals surface area (Å²) in [6.07, 6.45) is -0.0183. The molecular formula is C22H26N2O6S. The molecule has 0 radical (unpaired) electrons. The molecule has 0 saturated carbocycles. The minimum Gasteiger partial charge on any atom is -0.495 e. The van der Waals surface area contributed by atoms with E-state index in [-0.39, 0.29) is 41.7 Å². The van der Waals surface area contributed by atoms with Crippen LogP contribution in [0.1, 0.15) is 35.7 Å². The second kappa shape index (κ2) is 8.49. The highest BCUT2D eigenvalue weighted by Gasteiger charge is 2.32. The zero-order valence-corrected chi connectivity index (χ0v) is 18.6. The first-order valence-electron chi connectivity index (χ1n) is 10.2. The molecule has 1 amide bonds. The number of nitrogens with zero attached hydrogens (tertiary/aromatic N) is 1. The van der Waals surface area contributed by atoms with Crippen molar-refractivity contribution in [1.82, 2.24) is 4.31 Å². The Hall–Kier alpha value is -2.62. The number of benzene rings is 2. The zero-order chi connectivity index (χ0) is 22.2. The smallest absolute Gasteiger partial charge is 0.259 e. The van der Waals surface area contributed by atoms with E-state index in [0.717, 1.165) is 5.56 Å². The van der Waals surface area contributed by atoms with E-state index in [2.05, 4.69) is 12.2 Å². The van der Waals surface area contributed by atoms with Crippen molar-refractivity contribution >= 4 is 21.6 Å². The van der Waals surface area contributed by atoms with E-state index < -0.39 is 10.0 Å². The number of hydrogen-bond donors (Lipinski definition) is 1. The van der Waals surface area contributed by atoms with Crippen molar-refractivity contribution in [2.24, 2.45) is 0 Å². The van der Waals surface area contributed by atoms with Crippen molar-refractivity contribution in [2.45, 2.75) is 30.8 Å². The molecule has 0 spiro atoms. The van der Waals surface area contributed by atoms with Crippen LogP contribution >= 0.6 is 0 Å². The molecule has 1 saturated heterocycles. The molecule has 9 heteroatoms. The molecule has 0 bridgehead atoms. The molecule has 2 aromatic rings. The number of nitrogens with one attached hydrogen (secondary N) is 1. The summed E-state index contributed by atoms with van der Waals surface area (Å²) in [5, 5.41) is 2.80. The number of para-hydroxylation sites is 1. The van der Waals surface area contributed by atoms with Gasteiger partial charge in [0, 0.05) is 30.3 Å². The molecule has 2 aromatic carbocycles. The second-order valence-corrected chi connectivity index (χ2v) is 9.58. The van der Waals surface area contributed by atoms with E-state index in [9.17, 15) is 13.2 Å². The largest absolute Gasteiger partial charge is 0.495 e. The number of sulfonamides is 1. The van der Waals surface area contributed by atoms with Crippen molar-refractivity contribution in [1.29, 1.82) is 0 Å². The number of rotatable bonds is 5. The molecule has 2 aliphatic rings. The SMILES string of the molecule is COc1ccc(NC(=O)c2cccc3c2O[C@H](C)[C@@H]3C)cc1S(=O)(=O)N1CCOCC1. The average Bonchev–Trinajstić information content (AvgIpc) is 3.08.